The predicted molar refractivity (Wildman–Crippen MR) is 101 cm³/mol. The van der Waals surface area contributed by atoms with Gasteiger partial charge in [-0.25, -0.2) is 5.43 Å². The summed E-state index contributed by atoms with van der Waals surface area (Å²) in [6, 6.07) is 14.7. The summed E-state index contributed by atoms with van der Waals surface area (Å²) < 4.78 is 1.64. The lowest BCUT2D eigenvalue weighted by Crippen LogP contribution is -2.18. The Morgan fingerprint density at radius 2 is 1.89 bits per heavy atom. The zero-order valence-electron chi connectivity index (χ0n) is 13.9. The summed E-state index contributed by atoms with van der Waals surface area (Å²) in [7, 11) is 0. The van der Waals surface area contributed by atoms with Crippen LogP contribution in [0, 0.1) is 10.1 Å². The summed E-state index contributed by atoms with van der Waals surface area (Å²) in [5.74, 6) is -0.456. The van der Waals surface area contributed by atoms with Crippen LogP contribution in [-0.2, 0) is 6.54 Å². The van der Waals surface area contributed by atoms with Gasteiger partial charge >= 0.3 is 0 Å². The van der Waals surface area contributed by atoms with Crippen molar-refractivity contribution in [1.82, 2.24) is 15.2 Å². The molecule has 1 heterocycles. The van der Waals surface area contributed by atoms with Crippen molar-refractivity contribution in [1.29, 1.82) is 0 Å². The van der Waals surface area contributed by atoms with Crippen molar-refractivity contribution in [2.45, 2.75) is 6.54 Å². The summed E-state index contributed by atoms with van der Waals surface area (Å²) >= 11 is 5.86. The van der Waals surface area contributed by atoms with E-state index in [1.165, 1.54) is 30.5 Å². The van der Waals surface area contributed by atoms with Crippen LogP contribution in [-0.4, -0.2) is 26.8 Å². The van der Waals surface area contributed by atoms with Gasteiger partial charge in [-0.3, -0.25) is 19.6 Å². The maximum absolute atomic E-state index is 12.1. The number of benzene rings is 2. The number of amides is 1. The third-order valence-corrected chi connectivity index (χ3v) is 3.87. The SMILES string of the molecule is O=C(N/N=C\c1ccc([N+](=O)[O-])cc1)c1ccn(Cc2ccc(Cl)cc2)n1. The third-order valence-electron chi connectivity index (χ3n) is 3.61. The number of aromatic nitrogens is 2. The van der Waals surface area contributed by atoms with Crippen molar-refractivity contribution in [3.8, 4) is 0 Å². The molecule has 0 radical (unpaired) electrons. The van der Waals surface area contributed by atoms with Gasteiger partial charge in [-0.2, -0.15) is 10.2 Å². The highest BCUT2D eigenvalue weighted by Crippen LogP contribution is 2.11. The van der Waals surface area contributed by atoms with Gasteiger partial charge in [-0.15, -0.1) is 0 Å². The van der Waals surface area contributed by atoms with Gasteiger partial charge in [-0.05, 0) is 41.5 Å². The molecule has 0 aliphatic carbocycles. The Kier molecular flexibility index (Phi) is 5.58. The number of hydrogen-bond donors (Lipinski definition) is 1. The molecule has 0 saturated carbocycles. The van der Waals surface area contributed by atoms with Crippen molar-refractivity contribution < 1.29 is 9.72 Å². The lowest BCUT2D eigenvalue weighted by Gasteiger charge is -2.02. The first-order chi connectivity index (χ1) is 13.0. The molecule has 1 amide bonds. The number of non-ortho nitro benzene ring substituents is 1. The molecule has 0 bridgehead atoms. The summed E-state index contributed by atoms with van der Waals surface area (Å²) in [5, 5.41) is 19.3. The number of carbonyl (C=O) groups excluding carboxylic acids is 1. The van der Waals surface area contributed by atoms with Crippen LogP contribution in [0.25, 0.3) is 0 Å². The zero-order valence-corrected chi connectivity index (χ0v) is 14.7. The molecule has 1 aromatic heterocycles. The molecule has 0 fully saturated rings. The Morgan fingerprint density at radius 3 is 2.56 bits per heavy atom. The molecule has 0 unspecified atom stereocenters. The fraction of sp³-hybridized carbons (Fsp3) is 0.0556. The van der Waals surface area contributed by atoms with E-state index in [4.69, 9.17) is 11.6 Å². The van der Waals surface area contributed by atoms with Crippen molar-refractivity contribution in [2.24, 2.45) is 5.10 Å². The second-order valence-corrected chi connectivity index (χ2v) is 6.01. The predicted octanol–water partition coefficient (Wildman–Crippen LogP) is 3.26. The maximum atomic E-state index is 12.1. The summed E-state index contributed by atoms with van der Waals surface area (Å²) in [6.45, 7) is 0.510. The van der Waals surface area contributed by atoms with E-state index in [2.05, 4.69) is 15.6 Å². The van der Waals surface area contributed by atoms with E-state index in [0.29, 0.717) is 17.1 Å². The molecule has 0 spiro atoms. The minimum absolute atomic E-state index is 0.0117. The lowest BCUT2D eigenvalue weighted by atomic mass is 10.2. The van der Waals surface area contributed by atoms with Crippen LogP contribution in [0.3, 0.4) is 0 Å². The monoisotopic (exact) mass is 383 g/mol. The second-order valence-electron chi connectivity index (χ2n) is 5.57. The number of nitro groups is 1. The molecule has 0 saturated heterocycles. The number of nitro benzene ring substituents is 1. The second kappa shape index (κ2) is 8.24. The largest absolute Gasteiger partial charge is 0.291 e. The van der Waals surface area contributed by atoms with E-state index < -0.39 is 10.8 Å². The topological polar surface area (TPSA) is 102 Å². The van der Waals surface area contributed by atoms with Crippen molar-refractivity contribution in [3.63, 3.8) is 0 Å². The highest BCUT2D eigenvalue weighted by atomic mass is 35.5. The van der Waals surface area contributed by atoms with E-state index in [9.17, 15) is 14.9 Å². The van der Waals surface area contributed by atoms with Gasteiger partial charge < -0.3 is 0 Å². The lowest BCUT2D eigenvalue weighted by molar-refractivity contribution is -0.384. The number of halogens is 1. The molecule has 136 valence electrons. The molecule has 8 nitrogen and oxygen atoms in total. The summed E-state index contributed by atoms with van der Waals surface area (Å²) in [6.07, 6.45) is 3.09. The Balaban J connectivity index is 1.57. The van der Waals surface area contributed by atoms with Gasteiger partial charge in [0.15, 0.2) is 5.69 Å². The molecule has 3 aromatic rings. The maximum Gasteiger partial charge on any atom is 0.291 e. The molecule has 27 heavy (non-hydrogen) atoms. The number of nitrogens with zero attached hydrogens (tertiary/aromatic N) is 4. The summed E-state index contributed by atoms with van der Waals surface area (Å²) in [5.41, 5.74) is 4.21. The number of rotatable bonds is 6. The number of hydrazone groups is 1. The van der Waals surface area contributed by atoms with Gasteiger partial charge in [0.05, 0.1) is 17.7 Å². The minimum Gasteiger partial charge on any atom is -0.268 e. The fourth-order valence-corrected chi connectivity index (χ4v) is 2.38. The van der Waals surface area contributed by atoms with Crippen LogP contribution in [0.2, 0.25) is 5.02 Å². The Hall–Kier alpha value is -3.52. The molecule has 0 atom stereocenters. The van der Waals surface area contributed by atoms with Crippen LogP contribution < -0.4 is 5.43 Å². The normalized spacial score (nSPS) is 10.9. The van der Waals surface area contributed by atoms with Gasteiger partial charge in [-0.1, -0.05) is 23.7 Å². The number of hydrogen-bond acceptors (Lipinski definition) is 5. The highest BCUT2D eigenvalue weighted by Gasteiger charge is 2.09. The van der Waals surface area contributed by atoms with Crippen LogP contribution in [0.4, 0.5) is 5.69 Å². The molecule has 0 aliphatic rings. The van der Waals surface area contributed by atoms with Crippen LogP contribution in [0.1, 0.15) is 21.6 Å². The van der Waals surface area contributed by atoms with Crippen LogP contribution in [0.15, 0.2) is 65.9 Å². The Labute approximate surface area is 159 Å². The first-order valence-electron chi connectivity index (χ1n) is 7.87. The quantitative estimate of drug-likeness (QED) is 0.401. The Bertz CT molecular complexity index is 981. The molecular weight excluding hydrogens is 370 g/mol. The van der Waals surface area contributed by atoms with Gasteiger partial charge in [0, 0.05) is 23.4 Å². The molecule has 0 aliphatic heterocycles. The number of carbonyl (C=O) groups is 1. The van der Waals surface area contributed by atoms with Crippen LogP contribution >= 0.6 is 11.6 Å². The van der Waals surface area contributed by atoms with E-state index in [-0.39, 0.29) is 11.4 Å². The van der Waals surface area contributed by atoms with E-state index in [0.717, 1.165) is 5.56 Å². The van der Waals surface area contributed by atoms with E-state index >= 15 is 0 Å². The molecule has 3 rings (SSSR count). The van der Waals surface area contributed by atoms with Gasteiger partial charge in [0.25, 0.3) is 11.6 Å². The Morgan fingerprint density at radius 1 is 1.19 bits per heavy atom. The average Bonchev–Trinajstić information content (AvgIpc) is 3.12. The van der Waals surface area contributed by atoms with E-state index in [1.54, 1.807) is 29.1 Å². The van der Waals surface area contributed by atoms with E-state index in [1.807, 2.05) is 12.1 Å². The molecule has 9 heteroatoms. The van der Waals surface area contributed by atoms with Gasteiger partial charge in [0.2, 0.25) is 0 Å². The zero-order chi connectivity index (χ0) is 19.2. The van der Waals surface area contributed by atoms with Crippen molar-refractivity contribution >= 4 is 29.4 Å². The van der Waals surface area contributed by atoms with Crippen molar-refractivity contribution in [2.75, 3.05) is 0 Å². The first kappa shape index (κ1) is 18.3. The molecule has 1 N–H and O–H groups in total. The smallest absolute Gasteiger partial charge is 0.268 e. The van der Waals surface area contributed by atoms with Gasteiger partial charge in [0.1, 0.15) is 0 Å². The fourth-order valence-electron chi connectivity index (χ4n) is 2.25. The van der Waals surface area contributed by atoms with Crippen molar-refractivity contribution in [3.05, 3.63) is 92.8 Å². The van der Waals surface area contributed by atoms with Crippen LogP contribution in [0.5, 0.6) is 0 Å². The standard InChI is InChI=1S/C18H14ClN5O3/c19-15-5-1-14(2-6-15)12-23-10-9-17(22-23)18(25)21-20-11-13-3-7-16(8-4-13)24(26)27/h1-11H,12H2,(H,21,25)/b20-11-. The highest BCUT2D eigenvalue weighted by molar-refractivity contribution is 6.30. The minimum atomic E-state index is -0.483. The average molecular weight is 384 g/mol. The third kappa shape index (κ3) is 4.99. The molecular formula is C18H14ClN5O3. The summed E-state index contributed by atoms with van der Waals surface area (Å²) in [4.78, 5) is 22.2. The number of nitrogens with one attached hydrogen (secondary N) is 1. The molecule has 2 aromatic carbocycles. The first-order valence-corrected chi connectivity index (χ1v) is 8.25.